The van der Waals surface area contributed by atoms with Crippen LogP contribution in [0.25, 0.3) is 0 Å². The van der Waals surface area contributed by atoms with E-state index in [2.05, 4.69) is 65.6 Å². The third-order valence-corrected chi connectivity index (χ3v) is 4.12. The minimum atomic E-state index is 0.688. The summed E-state index contributed by atoms with van der Waals surface area (Å²) < 4.78 is 0. The van der Waals surface area contributed by atoms with Crippen LogP contribution < -0.4 is 10.6 Å². The molecule has 2 rings (SSSR count). The average molecular weight is 316 g/mol. The first-order chi connectivity index (χ1) is 10.7. The molecule has 0 radical (unpaired) electrons. The fraction of sp³-hybridized carbons (Fsp3) is 0.412. The maximum Gasteiger partial charge on any atom is 0.191 e. The van der Waals surface area contributed by atoms with Crippen molar-refractivity contribution in [1.29, 1.82) is 0 Å². The van der Waals surface area contributed by atoms with Crippen LogP contribution in [0.2, 0.25) is 0 Å². The molecule has 0 atom stereocenters. The molecule has 4 nitrogen and oxygen atoms in total. The third kappa shape index (κ3) is 5.48. The Morgan fingerprint density at radius 2 is 2.14 bits per heavy atom. The molecule has 2 aromatic rings. The van der Waals surface area contributed by atoms with Crippen LogP contribution in [0.4, 0.5) is 0 Å². The Labute approximate surface area is 136 Å². The summed E-state index contributed by atoms with van der Waals surface area (Å²) in [6, 6.07) is 8.46. The summed E-state index contributed by atoms with van der Waals surface area (Å²) >= 11 is 1.75. The highest BCUT2D eigenvalue weighted by atomic mass is 32.1. The highest BCUT2D eigenvalue weighted by molar-refractivity contribution is 7.11. The van der Waals surface area contributed by atoms with Crippen LogP contribution in [0.5, 0.6) is 0 Å². The Morgan fingerprint density at radius 3 is 2.82 bits per heavy atom. The molecule has 0 aliphatic heterocycles. The van der Waals surface area contributed by atoms with Gasteiger partial charge in [-0.25, -0.2) is 9.98 Å². The predicted molar refractivity (Wildman–Crippen MR) is 94.6 cm³/mol. The van der Waals surface area contributed by atoms with E-state index in [0.29, 0.717) is 6.54 Å². The van der Waals surface area contributed by atoms with Crippen molar-refractivity contribution >= 4 is 17.3 Å². The molecule has 0 amide bonds. The topological polar surface area (TPSA) is 49.3 Å². The molecule has 0 aliphatic carbocycles. The van der Waals surface area contributed by atoms with Gasteiger partial charge in [0.15, 0.2) is 5.96 Å². The van der Waals surface area contributed by atoms with Crippen LogP contribution in [0, 0.1) is 13.8 Å². The first-order valence-electron chi connectivity index (χ1n) is 7.66. The van der Waals surface area contributed by atoms with Gasteiger partial charge in [-0.1, -0.05) is 29.8 Å². The van der Waals surface area contributed by atoms with E-state index in [1.807, 2.05) is 6.20 Å². The number of aryl methyl sites for hydroxylation is 2. The Kier molecular flexibility index (Phi) is 6.40. The second-order valence-corrected chi connectivity index (χ2v) is 6.54. The summed E-state index contributed by atoms with van der Waals surface area (Å²) in [6.45, 7) is 8.65. The number of nitrogens with zero attached hydrogens (tertiary/aromatic N) is 2. The van der Waals surface area contributed by atoms with Gasteiger partial charge in [0.25, 0.3) is 0 Å². The second-order valence-electron chi connectivity index (χ2n) is 5.23. The van der Waals surface area contributed by atoms with Crippen molar-refractivity contribution in [3.8, 4) is 0 Å². The maximum atomic E-state index is 4.64. The standard InChI is InChI=1S/C17H24N4S/c1-4-18-17(19-9-8-16-20-11-14(3)22-16)21-12-15-7-5-6-13(2)10-15/h5-7,10-11H,4,8-9,12H2,1-3H3,(H2,18,19,21). The molecule has 22 heavy (non-hydrogen) atoms. The van der Waals surface area contributed by atoms with E-state index in [0.717, 1.165) is 25.5 Å². The first kappa shape index (κ1) is 16.5. The molecule has 118 valence electrons. The summed E-state index contributed by atoms with van der Waals surface area (Å²) in [5.41, 5.74) is 2.50. The quantitative estimate of drug-likeness (QED) is 0.636. The van der Waals surface area contributed by atoms with Crippen molar-refractivity contribution in [2.75, 3.05) is 13.1 Å². The molecule has 0 aliphatic rings. The van der Waals surface area contributed by atoms with Crippen LogP contribution in [0.15, 0.2) is 35.5 Å². The van der Waals surface area contributed by atoms with Crippen molar-refractivity contribution in [1.82, 2.24) is 15.6 Å². The molecular weight excluding hydrogens is 292 g/mol. The zero-order valence-corrected chi connectivity index (χ0v) is 14.3. The Bertz CT molecular complexity index is 619. The largest absolute Gasteiger partial charge is 0.357 e. The predicted octanol–water partition coefficient (Wildman–Crippen LogP) is 3.06. The van der Waals surface area contributed by atoms with Gasteiger partial charge < -0.3 is 10.6 Å². The number of guanidine groups is 1. The van der Waals surface area contributed by atoms with Crippen molar-refractivity contribution in [3.05, 3.63) is 51.5 Å². The summed E-state index contributed by atoms with van der Waals surface area (Å²) in [6.07, 6.45) is 2.85. The van der Waals surface area contributed by atoms with E-state index in [1.54, 1.807) is 11.3 Å². The molecule has 1 aromatic heterocycles. The summed E-state index contributed by atoms with van der Waals surface area (Å²) in [7, 11) is 0. The van der Waals surface area contributed by atoms with E-state index >= 15 is 0 Å². The van der Waals surface area contributed by atoms with Crippen molar-refractivity contribution in [2.45, 2.75) is 33.7 Å². The smallest absolute Gasteiger partial charge is 0.191 e. The van der Waals surface area contributed by atoms with Crippen molar-refractivity contribution in [2.24, 2.45) is 4.99 Å². The van der Waals surface area contributed by atoms with Gasteiger partial charge in [-0.2, -0.15) is 0 Å². The molecule has 1 heterocycles. The van der Waals surface area contributed by atoms with Crippen LogP contribution in [-0.4, -0.2) is 24.0 Å². The molecule has 0 unspecified atom stereocenters. The lowest BCUT2D eigenvalue weighted by atomic mass is 10.1. The molecular formula is C17H24N4S. The molecule has 5 heteroatoms. The fourth-order valence-corrected chi connectivity index (χ4v) is 2.91. The summed E-state index contributed by atoms with van der Waals surface area (Å²) in [4.78, 5) is 10.3. The van der Waals surface area contributed by atoms with Gasteiger partial charge in [0, 0.05) is 30.6 Å². The Morgan fingerprint density at radius 1 is 1.27 bits per heavy atom. The lowest BCUT2D eigenvalue weighted by Gasteiger charge is -2.10. The minimum Gasteiger partial charge on any atom is -0.357 e. The molecule has 0 saturated carbocycles. The Hall–Kier alpha value is -1.88. The van der Waals surface area contributed by atoms with Crippen LogP contribution in [0.1, 0.15) is 27.9 Å². The maximum absolute atomic E-state index is 4.64. The highest BCUT2D eigenvalue weighted by Crippen LogP contribution is 2.11. The molecule has 0 saturated heterocycles. The van der Waals surface area contributed by atoms with Gasteiger partial charge in [0.05, 0.1) is 11.6 Å². The summed E-state index contributed by atoms with van der Waals surface area (Å²) in [5, 5.41) is 7.82. The summed E-state index contributed by atoms with van der Waals surface area (Å²) in [5.74, 6) is 0.859. The van der Waals surface area contributed by atoms with Crippen LogP contribution in [0.3, 0.4) is 0 Å². The van der Waals surface area contributed by atoms with E-state index in [9.17, 15) is 0 Å². The van der Waals surface area contributed by atoms with Crippen LogP contribution in [-0.2, 0) is 13.0 Å². The zero-order chi connectivity index (χ0) is 15.8. The number of nitrogens with one attached hydrogen (secondary N) is 2. The number of benzene rings is 1. The molecule has 2 N–H and O–H groups in total. The number of rotatable bonds is 6. The first-order valence-corrected chi connectivity index (χ1v) is 8.48. The van der Waals surface area contributed by atoms with E-state index < -0.39 is 0 Å². The third-order valence-electron chi connectivity index (χ3n) is 3.15. The van der Waals surface area contributed by atoms with Crippen LogP contribution >= 0.6 is 11.3 Å². The van der Waals surface area contributed by atoms with Crippen molar-refractivity contribution < 1.29 is 0 Å². The monoisotopic (exact) mass is 316 g/mol. The number of thiazole rings is 1. The molecule has 0 bridgehead atoms. The van der Waals surface area contributed by atoms with Gasteiger partial charge in [-0.05, 0) is 26.3 Å². The molecule has 0 fully saturated rings. The van der Waals surface area contributed by atoms with Gasteiger partial charge in [-0.3, -0.25) is 0 Å². The lowest BCUT2D eigenvalue weighted by Crippen LogP contribution is -2.38. The van der Waals surface area contributed by atoms with E-state index in [4.69, 9.17) is 0 Å². The van der Waals surface area contributed by atoms with Gasteiger partial charge in [-0.15, -0.1) is 11.3 Å². The molecule has 1 aromatic carbocycles. The number of aromatic nitrogens is 1. The zero-order valence-electron chi connectivity index (χ0n) is 13.5. The Balaban J connectivity index is 1.86. The van der Waals surface area contributed by atoms with E-state index in [-0.39, 0.29) is 0 Å². The molecule has 0 spiro atoms. The van der Waals surface area contributed by atoms with Gasteiger partial charge in [0.2, 0.25) is 0 Å². The SMILES string of the molecule is CCNC(=NCc1cccc(C)c1)NCCc1ncc(C)s1. The van der Waals surface area contributed by atoms with Crippen molar-refractivity contribution in [3.63, 3.8) is 0 Å². The fourth-order valence-electron chi connectivity index (χ4n) is 2.13. The average Bonchev–Trinajstić information content (AvgIpc) is 2.90. The van der Waals surface area contributed by atoms with Gasteiger partial charge >= 0.3 is 0 Å². The number of hydrogen-bond donors (Lipinski definition) is 2. The van der Waals surface area contributed by atoms with Gasteiger partial charge in [0.1, 0.15) is 0 Å². The number of hydrogen-bond acceptors (Lipinski definition) is 3. The lowest BCUT2D eigenvalue weighted by molar-refractivity contribution is 0.796. The van der Waals surface area contributed by atoms with E-state index in [1.165, 1.54) is 21.0 Å². The normalized spacial score (nSPS) is 11.5. The minimum absolute atomic E-state index is 0.688. The highest BCUT2D eigenvalue weighted by Gasteiger charge is 2.01. The second kappa shape index (κ2) is 8.54. The number of aliphatic imine (C=N–C) groups is 1.